The normalized spacial score (nSPS) is 11.5. The molecule has 0 radical (unpaired) electrons. The second kappa shape index (κ2) is 7.21. The van der Waals surface area contributed by atoms with E-state index in [0.29, 0.717) is 10.7 Å². The summed E-state index contributed by atoms with van der Waals surface area (Å²) in [6.45, 7) is 0. The van der Waals surface area contributed by atoms with Gasteiger partial charge in [0.25, 0.3) is 5.91 Å². The first kappa shape index (κ1) is 18.4. The SMILES string of the molecule is O=C(Nc1nc(-c2cccs2)cs1)c1coc(-c2ccc(C(F)(F)F)cc2)n1. The molecule has 1 amide bonds. The van der Waals surface area contributed by atoms with Gasteiger partial charge in [-0.25, -0.2) is 9.97 Å². The molecule has 5 nitrogen and oxygen atoms in total. The Morgan fingerprint density at radius 1 is 1.07 bits per heavy atom. The van der Waals surface area contributed by atoms with Gasteiger partial charge in [-0.1, -0.05) is 6.07 Å². The molecule has 0 saturated carbocycles. The molecular weight excluding hydrogens is 411 g/mol. The van der Waals surface area contributed by atoms with Crippen molar-refractivity contribution in [2.24, 2.45) is 0 Å². The molecule has 0 unspecified atom stereocenters. The molecule has 28 heavy (non-hydrogen) atoms. The zero-order valence-corrected chi connectivity index (χ0v) is 15.5. The Hall–Kier alpha value is -2.98. The predicted octanol–water partition coefficient (Wildman–Crippen LogP) is 5.80. The van der Waals surface area contributed by atoms with Gasteiger partial charge in [-0.15, -0.1) is 22.7 Å². The van der Waals surface area contributed by atoms with Crippen molar-refractivity contribution in [2.45, 2.75) is 6.18 Å². The first-order valence-electron chi connectivity index (χ1n) is 7.84. The molecule has 0 atom stereocenters. The van der Waals surface area contributed by atoms with Gasteiger partial charge in [0.05, 0.1) is 16.1 Å². The molecule has 0 aliphatic heterocycles. The Balaban J connectivity index is 1.47. The minimum atomic E-state index is -4.42. The standard InChI is InChI=1S/C18H10F3N3O2S2/c19-18(20,21)11-5-3-10(4-6-11)16-22-12(8-26-16)15(25)24-17-23-13(9-28-17)14-2-1-7-27-14/h1-9H,(H,23,24,25). The van der Waals surface area contributed by atoms with Crippen molar-refractivity contribution >= 4 is 33.7 Å². The Bertz CT molecular complexity index is 1100. The number of anilines is 1. The highest BCUT2D eigenvalue weighted by Gasteiger charge is 2.30. The van der Waals surface area contributed by atoms with Crippen molar-refractivity contribution in [3.8, 4) is 22.0 Å². The van der Waals surface area contributed by atoms with E-state index in [4.69, 9.17) is 4.42 Å². The number of hydrogen-bond donors (Lipinski definition) is 1. The Morgan fingerprint density at radius 2 is 1.86 bits per heavy atom. The molecule has 0 saturated heterocycles. The second-order valence-electron chi connectivity index (χ2n) is 5.58. The molecule has 0 fully saturated rings. The number of oxazole rings is 1. The van der Waals surface area contributed by atoms with Crippen molar-refractivity contribution < 1.29 is 22.4 Å². The first-order valence-corrected chi connectivity index (χ1v) is 9.60. The summed E-state index contributed by atoms with van der Waals surface area (Å²) in [5.41, 5.74) is 0.330. The maximum absolute atomic E-state index is 12.6. The lowest BCUT2D eigenvalue weighted by Crippen LogP contribution is -2.12. The van der Waals surface area contributed by atoms with E-state index in [2.05, 4.69) is 15.3 Å². The van der Waals surface area contributed by atoms with Gasteiger partial charge in [-0.3, -0.25) is 10.1 Å². The number of thiophene rings is 1. The first-order chi connectivity index (χ1) is 13.4. The third-order valence-electron chi connectivity index (χ3n) is 3.69. The Kier molecular flexibility index (Phi) is 4.73. The summed E-state index contributed by atoms with van der Waals surface area (Å²) in [5, 5.41) is 6.81. The number of alkyl halides is 3. The highest BCUT2D eigenvalue weighted by atomic mass is 32.1. The quantitative estimate of drug-likeness (QED) is 0.452. The van der Waals surface area contributed by atoms with Gasteiger partial charge in [0, 0.05) is 10.9 Å². The Labute approximate surface area is 164 Å². The maximum atomic E-state index is 12.6. The predicted molar refractivity (Wildman–Crippen MR) is 100 cm³/mol. The molecular formula is C18H10F3N3O2S2. The third kappa shape index (κ3) is 3.82. The van der Waals surface area contributed by atoms with Crippen LogP contribution in [0.4, 0.5) is 18.3 Å². The van der Waals surface area contributed by atoms with E-state index in [9.17, 15) is 18.0 Å². The monoisotopic (exact) mass is 421 g/mol. The number of amides is 1. The van der Waals surface area contributed by atoms with Gasteiger partial charge < -0.3 is 4.42 Å². The van der Waals surface area contributed by atoms with E-state index in [-0.39, 0.29) is 11.6 Å². The van der Waals surface area contributed by atoms with Crippen LogP contribution >= 0.6 is 22.7 Å². The molecule has 0 aliphatic carbocycles. The van der Waals surface area contributed by atoms with E-state index in [1.807, 2.05) is 22.9 Å². The summed E-state index contributed by atoms with van der Waals surface area (Å²) in [6, 6.07) is 8.19. The van der Waals surface area contributed by atoms with Crippen molar-refractivity contribution in [1.82, 2.24) is 9.97 Å². The van der Waals surface area contributed by atoms with Crippen LogP contribution in [0.1, 0.15) is 16.1 Å². The molecule has 3 heterocycles. The summed E-state index contributed by atoms with van der Waals surface area (Å²) in [7, 11) is 0. The van der Waals surface area contributed by atoms with Crippen molar-refractivity contribution in [3.63, 3.8) is 0 Å². The summed E-state index contributed by atoms with van der Waals surface area (Å²) in [5.74, 6) is -0.466. The lowest BCUT2D eigenvalue weighted by atomic mass is 10.1. The third-order valence-corrected chi connectivity index (χ3v) is 5.34. The number of hydrogen-bond acceptors (Lipinski definition) is 6. The number of nitrogens with zero attached hydrogens (tertiary/aromatic N) is 2. The molecule has 0 bridgehead atoms. The number of carbonyl (C=O) groups excluding carboxylic acids is 1. The number of benzene rings is 1. The number of aromatic nitrogens is 2. The van der Waals surface area contributed by atoms with Crippen LogP contribution in [-0.4, -0.2) is 15.9 Å². The zero-order valence-electron chi connectivity index (χ0n) is 13.9. The molecule has 0 spiro atoms. The van der Waals surface area contributed by atoms with E-state index >= 15 is 0 Å². The minimum Gasteiger partial charge on any atom is -0.444 e. The lowest BCUT2D eigenvalue weighted by molar-refractivity contribution is -0.137. The fraction of sp³-hybridized carbons (Fsp3) is 0.0556. The van der Waals surface area contributed by atoms with Crippen molar-refractivity contribution in [1.29, 1.82) is 0 Å². The zero-order chi connectivity index (χ0) is 19.7. The van der Waals surface area contributed by atoms with Gasteiger partial charge in [-0.05, 0) is 35.7 Å². The molecule has 10 heteroatoms. The second-order valence-corrected chi connectivity index (χ2v) is 7.39. The summed E-state index contributed by atoms with van der Waals surface area (Å²) in [4.78, 5) is 21.7. The molecule has 1 N–H and O–H groups in total. The molecule has 142 valence electrons. The highest BCUT2D eigenvalue weighted by molar-refractivity contribution is 7.16. The van der Waals surface area contributed by atoms with Crippen LogP contribution < -0.4 is 5.32 Å². The van der Waals surface area contributed by atoms with Crippen LogP contribution in [0.3, 0.4) is 0 Å². The van der Waals surface area contributed by atoms with Gasteiger partial charge in [0.15, 0.2) is 10.8 Å². The molecule has 3 aromatic heterocycles. The van der Waals surface area contributed by atoms with Crippen molar-refractivity contribution in [3.05, 3.63) is 64.7 Å². The largest absolute Gasteiger partial charge is 0.444 e. The summed E-state index contributed by atoms with van der Waals surface area (Å²) in [6.07, 6.45) is -3.27. The van der Waals surface area contributed by atoms with Crippen LogP contribution in [-0.2, 0) is 6.18 Å². The van der Waals surface area contributed by atoms with E-state index in [1.165, 1.54) is 23.5 Å². The topological polar surface area (TPSA) is 68.0 Å². The molecule has 4 aromatic rings. The number of rotatable bonds is 4. The molecule has 0 aliphatic rings. The van der Waals surface area contributed by atoms with E-state index < -0.39 is 17.6 Å². The number of halogens is 3. The number of thiazole rings is 1. The minimum absolute atomic E-state index is 0.00257. The molecule has 1 aromatic carbocycles. The van der Waals surface area contributed by atoms with E-state index in [0.717, 1.165) is 29.0 Å². The van der Waals surface area contributed by atoms with Gasteiger partial charge in [0.1, 0.15) is 6.26 Å². The van der Waals surface area contributed by atoms with Gasteiger partial charge in [-0.2, -0.15) is 13.2 Å². The fourth-order valence-corrected chi connectivity index (χ4v) is 3.81. The van der Waals surface area contributed by atoms with Crippen LogP contribution in [0.2, 0.25) is 0 Å². The lowest BCUT2D eigenvalue weighted by Gasteiger charge is -2.05. The average Bonchev–Trinajstić information content (AvgIpc) is 3.41. The van der Waals surface area contributed by atoms with Crippen LogP contribution in [0.25, 0.3) is 22.0 Å². The maximum Gasteiger partial charge on any atom is 0.416 e. The summed E-state index contributed by atoms with van der Waals surface area (Å²) < 4.78 is 43.1. The Morgan fingerprint density at radius 3 is 2.54 bits per heavy atom. The summed E-state index contributed by atoms with van der Waals surface area (Å²) >= 11 is 2.82. The van der Waals surface area contributed by atoms with Crippen molar-refractivity contribution in [2.75, 3.05) is 5.32 Å². The number of nitrogens with one attached hydrogen (secondary N) is 1. The smallest absolute Gasteiger partial charge is 0.416 e. The average molecular weight is 421 g/mol. The van der Waals surface area contributed by atoms with Crippen LogP contribution in [0.15, 0.2) is 57.8 Å². The van der Waals surface area contributed by atoms with Gasteiger partial charge >= 0.3 is 6.18 Å². The molecule has 4 rings (SSSR count). The highest BCUT2D eigenvalue weighted by Crippen LogP contribution is 2.31. The van der Waals surface area contributed by atoms with E-state index in [1.54, 1.807) is 11.3 Å². The fourth-order valence-electron chi connectivity index (χ4n) is 2.34. The van der Waals surface area contributed by atoms with Gasteiger partial charge in [0.2, 0.25) is 5.89 Å². The number of carbonyl (C=O) groups is 1. The van der Waals surface area contributed by atoms with Crippen LogP contribution in [0.5, 0.6) is 0 Å². The van der Waals surface area contributed by atoms with Crippen LogP contribution in [0, 0.1) is 0 Å².